The average molecular weight is 197 g/mol. The lowest BCUT2D eigenvalue weighted by Crippen LogP contribution is -2.33. The number of likely N-dealkylation sites (tertiary alicyclic amines) is 1. The van der Waals surface area contributed by atoms with Crippen LogP contribution < -0.4 is 0 Å². The predicted molar refractivity (Wildman–Crippen MR) is 54.0 cm³/mol. The van der Waals surface area contributed by atoms with E-state index < -0.39 is 5.97 Å². The third-order valence-electron chi connectivity index (χ3n) is 3.84. The van der Waals surface area contributed by atoms with Crippen molar-refractivity contribution in [2.75, 3.05) is 13.1 Å². The molecular formula is C11H19NO2. The Morgan fingerprint density at radius 1 is 1.43 bits per heavy atom. The minimum Gasteiger partial charge on any atom is -0.481 e. The molecule has 1 heterocycles. The van der Waals surface area contributed by atoms with Crippen LogP contribution in [-0.2, 0) is 4.79 Å². The molecule has 3 unspecified atom stereocenters. The molecule has 1 saturated heterocycles. The first kappa shape index (κ1) is 9.97. The molecule has 3 heteroatoms. The molecule has 2 aliphatic rings. The number of aliphatic carboxylic acids is 1. The lowest BCUT2D eigenvalue weighted by Gasteiger charge is -2.23. The maximum Gasteiger partial charge on any atom is 0.308 e. The highest BCUT2D eigenvalue weighted by Crippen LogP contribution is 2.37. The highest BCUT2D eigenvalue weighted by molar-refractivity contribution is 5.71. The molecular weight excluding hydrogens is 178 g/mol. The van der Waals surface area contributed by atoms with Gasteiger partial charge in [0.15, 0.2) is 0 Å². The van der Waals surface area contributed by atoms with Crippen molar-refractivity contribution in [2.24, 2.45) is 17.8 Å². The lowest BCUT2D eigenvalue weighted by molar-refractivity contribution is -0.142. The van der Waals surface area contributed by atoms with Crippen LogP contribution in [0, 0.1) is 17.8 Å². The molecule has 0 spiro atoms. The van der Waals surface area contributed by atoms with Crippen molar-refractivity contribution in [1.82, 2.24) is 4.90 Å². The van der Waals surface area contributed by atoms with E-state index in [-0.39, 0.29) is 5.92 Å². The topological polar surface area (TPSA) is 40.5 Å². The fraction of sp³-hybridized carbons (Fsp3) is 0.909. The Morgan fingerprint density at radius 2 is 2.07 bits per heavy atom. The summed E-state index contributed by atoms with van der Waals surface area (Å²) in [4.78, 5) is 13.3. The lowest BCUT2D eigenvalue weighted by atomic mass is 9.99. The fourth-order valence-electron chi connectivity index (χ4n) is 2.54. The largest absolute Gasteiger partial charge is 0.481 e. The van der Waals surface area contributed by atoms with E-state index in [9.17, 15) is 4.79 Å². The van der Waals surface area contributed by atoms with Gasteiger partial charge < -0.3 is 5.11 Å². The molecule has 0 radical (unpaired) electrons. The molecule has 1 saturated carbocycles. The highest BCUT2D eigenvalue weighted by atomic mass is 16.4. The quantitative estimate of drug-likeness (QED) is 0.744. The van der Waals surface area contributed by atoms with E-state index in [1.807, 2.05) is 0 Å². The zero-order chi connectivity index (χ0) is 10.3. The predicted octanol–water partition coefficient (Wildman–Crippen LogP) is 1.44. The first-order valence-corrected chi connectivity index (χ1v) is 5.56. The summed E-state index contributed by atoms with van der Waals surface area (Å²) in [6, 6.07) is 0.599. The van der Waals surface area contributed by atoms with Gasteiger partial charge in [-0.15, -0.1) is 0 Å². The molecule has 1 N–H and O–H groups in total. The Bertz CT molecular complexity index is 237. The molecule has 0 aromatic carbocycles. The zero-order valence-electron chi connectivity index (χ0n) is 8.94. The van der Waals surface area contributed by atoms with Gasteiger partial charge in [-0.05, 0) is 31.6 Å². The van der Waals surface area contributed by atoms with E-state index in [1.54, 1.807) is 0 Å². The van der Waals surface area contributed by atoms with Crippen LogP contribution in [0.15, 0.2) is 0 Å². The summed E-state index contributed by atoms with van der Waals surface area (Å²) in [5.74, 6) is 0.391. The molecule has 80 valence electrons. The van der Waals surface area contributed by atoms with Crippen LogP contribution in [0.5, 0.6) is 0 Å². The van der Waals surface area contributed by atoms with Gasteiger partial charge in [-0.2, -0.15) is 0 Å². The SMILES string of the molecule is CC1CN(C(C)C2CC2)CC1C(=O)O. The summed E-state index contributed by atoms with van der Waals surface area (Å²) in [6.07, 6.45) is 2.67. The van der Waals surface area contributed by atoms with Crippen molar-refractivity contribution in [3.8, 4) is 0 Å². The average Bonchev–Trinajstić information content (AvgIpc) is 2.88. The van der Waals surface area contributed by atoms with Crippen molar-refractivity contribution < 1.29 is 9.90 Å². The van der Waals surface area contributed by atoms with Gasteiger partial charge in [0.05, 0.1) is 5.92 Å². The van der Waals surface area contributed by atoms with Crippen LogP contribution in [-0.4, -0.2) is 35.1 Å². The Morgan fingerprint density at radius 3 is 2.50 bits per heavy atom. The van der Waals surface area contributed by atoms with E-state index in [4.69, 9.17) is 5.11 Å². The van der Waals surface area contributed by atoms with E-state index in [1.165, 1.54) is 12.8 Å². The summed E-state index contributed by atoms with van der Waals surface area (Å²) >= 11 is 0. The first-order valence-electron chi connectivity index (χ1n) is 5.56. The number of hydrogen-bond donors (Lipinski definition) is 1. The highest BCUT2D eigenvalue weighted by Gasteiger charge is 2.40. The van der Waals surface area contributed by atoms with Gasteiger partial charge in [0.25, 0.3) is 0 Å². The number of carbonyl (C=O) groups is 1. The van der Waals surface area contributed by atoms with Crippen molar-refractivity contribution in [2.45, 2.75) is 32.7 Å². The number of rotatable bonds is 3. The van der Waals surface area contributed by atoms with E-state index in [2.05, 4.69) is 18.7 Å². The Labute approximate surface area is 85.1 Å². The Hall–Kier alpha value is -0.570. The van der Waals surface area contributed by atoms with E-state index >= 15 is 0 Å². The molecule has 2 fully saturated rings. The van der Waals surface area contributed by atoms with Crippen LogP contribution in [0.25, 0.3) is 0 Å². The summed E-state index contributed by atoms with van der Waals surface area (Å²) in [6.45, 7) is 6.02. The molecule has 0 aromatic rings. The fourth-order valence-corrected chi connectivity index (χ4v) is 2.54. The van der Waals surface area contributed by atoms with Crippen LogP contribution >= 0.6 is 0 Å². The van der Waals surface area contributed by atoms with Crippen LogP contribution in [0.4, 0.5) is 0 Å². The van der Waals surface area contributed by atoms with Crippen molar-refractivity contribution in [3.05, 3.63) is 0 Å². The minimum atomic E-state index is -0.622. The van der Waals surface area contributed by atoms with Crippen molar-refractivity contribution in [1.29, 1.82) is 0 Å². The van der Waals surface area contributed by atoms with Gasteiger partial charge in [-0.3, -0.25) is 9.69 Å². The number of nitrogens with zero attached hydrogens (tertiary/aromatic N) is 1. The van der Waals surface area contributed by atoms with Crippen LogP contribution in [0.1, 0.15) is 26.7 Å². The molecule has 0 bridgehead atoms. The maximum absolute atomic E-state index is 10.9. The third-order valence-corrected chi connectivity index (χ3v) is 3.84. The van der Waals surface area contributed by atoms with E-state index in [0.29, 0.717) is 12.0 Å². The summed E-state index contributed by atoms with van der Waals surface area (Å²) in [7, 11) is 0. The van der Waals surface area contributed by atoms with Gasteiger partial charge in [0, 0.05) is 19.1 Å². The van der Waals surface area contributed by atoms with Gasteiger partial charge >= 0.3 is 5.97 Å². The minimum absolute atomic E-state index is 0.142. The standard InChI is InChI=1S/C11H19NO2/c1-7-5-12(6-10(7)11(13)14)8(2)9-3-4-9/h7-10H,3-6H2,1-2H3,(H,13,14). The van der Waals surface area contributed by atoms with Gasteiger partial charge in [0.2, 0.25) is 0 Å². The number of carboxylic acids is 1. The Kier molecular flexibility index (Phi) is 2.52. The monoisotopic (exact) mass is 197 g/mol. The van der Waals surface area contributed by atoms with Crippen molar-refractivity contribution >= 4 is 5.97 Å². The number of carboxylic acid groups (broad SMARTS) is 1. The maximum atomic E-state index is 10.9. The van der Waals surface area contributed by atoms with Crippen LogP contribution in [0.3, 0.4) is 0 Å². The summed E-state index contributed by atoms with van der Waals surface area (Å²) in [5.41, 5.74) is 0. The smallest absolute Gasteiger partial charge is 0.308 e. The second-order valence-electron chi connectivity index (χ2n) is 4.95. The Balaban J connectivity index is 1.94. The van der Waals surface area contributed by atoms with Gasteiger partial charge in [-0.1, -0.05) is 6.92 Å². The second kappa shape index (κ2) is 3.54. The zero-order valence-corrected chi connectivity index (χ0v) is 8.94. The molecule has 3 nitrogen and oxygen atoms in total. The van der Waals surface area contributed by atoms with E-state index in [0.717, 1.165) is 19.0 Å². The summed E-state index contributed by atoms with van der Waals surface area (Å²) < 4.78 is 0. The van der Waals surface area contributed by atoms with Crippen molar-refractivity contribution in [3.63, 3.8) is 0 Å². The molecule has 0 amide bonds. The molecule has 2 rings (SSSR count). The second-order valence-corrected chi connectivity index (χ2v) is 4.95. The molecule has 14 heavy (non-hydrogen) atoms. The molecule has 3 atom stereocenters. The third kappa shape index (κ3) is 1.78. The van der Waals surface area contributed by atoms with Crippen LogP contribution in [0.2, 0.25) is 0 Å². The molecule has 1 aliphatic carbocycles. The molecule has 0 aromatic heterocycles. The first-order chi connectivity index (χ1) is 6.59. The van der Waals surface area contributed by atoms with Gasteiger partial charge in [0.1, 0.15) is 0 Å². The molecule has 1 aliphatic heterocycles. The summed E-state index contributed by atoms with van der Waals surface area (Å²) in [5, 5.41) is 9.01. The van der Waals surface area contributed by atoms with Gasteiger partial charge in [-0.25, -0.2) is 0 Å². The normalized spacial score (nSPS) is 35.9. The number of hydrogen-bond acceptors (Lipinski definition) is 2.